The predicted octanol–water partition coefficient (Wildman–Crippen LogP) is 2.95. The van der Waals surface area contributed by atoms with Gasteiger partial charge in [-0.25, -0.2) is 0 Å². The van der Waals surface area contributed by atoms with E-state index in [-0.39, 0.29) is 10.1 Å². The molecule has 0 spiro atoms. The molecule has 0 atom stereocenters. The number of hydrogen-bond donors (Lipinski definition) is 2. The molecule has 2 N–H and O–H groups in total. The second kappa shape index (κ2) is 12.4. The van der Waals surface area contributed by atoms with Crippen LogP contribution in [0.5, 0.6) is 11.5 Å². The van der Waals surface area contributed by atoms with Crippen LogP contribution in [-0.2, 0) is 0 Å². The summed E-state index contributed by atoms with van der Waals surface area (Å²) in [6.07, 6.45) is 3.50. The largest absolute Gasteiger partial charge is 0.265 e. The Morgan fingerprint density at radius 2 is 0.857 bits per heavy atom. The fourth-order valence-electron chi connectivity index (χ4n) is 1.17. The molecular formula is C17H19BeNO2. The molecule has 0 radical (unpaired) electrons. The SMILES string of the molecule is Oc1ccccc1.Oc1ccccc1.[BeH2].c1ccncc1. The van der Waals surface area contributed by atoms with Crippen LogP contribution in [0.15, 0.2) is 91.3 Å². The molecule has 0 amide bonds. The monoisotopic (exact) mass is 278 g/mol. The van der Waals surface area contributed by atoms with Crippen LogP contribution in [0.2, 0.25) is 0 Å². The Morgan fingerprint density at radius 1 is 0.524 bits per heavy atom. The van der Waals surface area contributed by atoms with Gasteiger partial charge in [0.25, 0.3) is 0 Å². The van der Waals surface area contributed by atoms with E-state index in [1.165, 1.54) is 0 Å². The van der Waals surface area contributed by atoms with Crippen molar-refractivity contribution in [1.82, 2.24) is 4.98 Å². The molecule has 0 aliphatic carbocycles. The second-order valence-corrected chi connectivity index (χ2v) is 3.70. The first-order chi connectivity index (χ1) is 9.79. The van der Waals surface area contributed by atoms with E-state index < -0.39 is 0 Å². The van der Waals surface area contributed by atoms with Gasteiger partial charge in [-0.05, 0) is 36.4 Å². The number of para-hydroxylation sites is 2. The van der Waals surface area contributed by atoms with E-state index in [2.05, 4.69) is 4.98 Å². The average Bonchev–Trinajstić information content (AvgIpc) is 2.52. The van der Waals surface area contributed by atoms with Gasteiger partial charge in [0, 0.05) is 12.4 Å². The number of phenolic OH excluding ortho intramolecular Hbond substituents is 2. The number of benzene rings is 2. The first-order valence-corrected chi connectivity index (χ1v) is 6.12. The molecule has 2 aromatic carbocycles. The van der Waals surface area contributed by atoms with Gasteiger partial charge >= 0.3 is 10.1 Å². The molecule has 0 unspecified atom stereocenters. The van der Waals surface area contributed by atoms with E-state index in [1.807, 2.05) is 30.3 Å². The summed E-state index contributed by atoms with van der Waals surface area (Å²) in [5, 5.41) is 17.3. The zero-order valence-corrected chi connectivity index (χ0v) is 11.0. The van der Waals surface area contributed by atoms with E-state index in [1.54, 1.807) is 60.9 Å². The van der Waals surface area contributed by atoms with E-state index in [4.69, 9.17) is 10.2 Å². The Labute approximate surface area is 128 Å². The van der Waals surface area contributed by atoms with Gasteiger partial charge in [-0.2, -0.15) is 0 Å². The molecule has 3 nitrogen and oxygen atoms in total. The zero-order chi connectivity index (χ0) is 14.5. The third-order valence-corrected chi connectivity index (χ3v) is 2.08. The van der Waals surface area contributed by atoms with E-state index in [9.17, 15) is 0 Å². The summed E-state index contributed by atoms with van der Waals surface area (Å²) in [7, 11) is 0. The molecule has 1 aromatic heterocycles. The van der Waals surface area contributed by atoms with E-state index in [0.717, 1.165) is 0 Å². The zero-order valence-electron chi connectivity index (χ0n) is 11.0. The van der Waals surface area contributed by atoms with Crippen LogP contribution >= 0.6 is 0 Å². The molecule has 0 aliphatic rings. The van der Waals surface area contributed by atoms with Crippen molar-refractivity contribution >= 4 is 10.1 Å². The third kappa shape index (κ3) is 10.9. The van der Waals surface area contributed by atoms with Crippen molar-refractivity contribution in [1.29, 1.82) is 0 Å². The summed E-state index contributed by atoms with van der Waals surface area (Å²) >= 11 is 0. The summed E-state index contributed by atoms with van der Waals surface area (Å²) in [5.74, 6) is 0.644. The summed E-state index contributed by atoms with van der Waals surface area (Å²) in [4.78, 5) is 3.78. The van der Waals surface area contributed by atoms with Gasteiger partial charge < -0.3 is 10.2 Å². The van der Waals surface area contributed by atoms with Gasteiger partial charge in [-0.1, -0.05) is 42.5 Å². The summed E-state index contributed by atoms with van der Waals surface area (Å²) in [6.45, 7) is 0. The first kappa shape index (κ1) is 18.4. The molecule has 3 rings (SSSR count). The molecule has 0 saturated carbocycles. The topological polar surface area (TPSA) is 53.4 Å². The predicted molar refractivity (Wildman–Crippen MR) is 89.0 cm³/mol. The maximum absolute atomic E-state index is 8.63. The molecule has 3 aromatic rings. The molecule has 0 fully saturated rings. The molecule has 0 saturated heterocycles. The Kier molecular flexibility index (Phi) is 10.8. The van der Waals surface area contributed by atoms with Crippen LogP contribution in [-0.4, -0.2) is 25.3 Å². The normalized spacial score (nSPS) is 8.00. The number of aromatic nitrogens is 1. The molecular weight excluding hydrogens is 259 g/mol. The maximum Gasteiger partial charge on any atom is 0.0267 e. The van der Waals surface area contributed by atoms with Crippen LogP contribution in [0.25, 0.3) is 0 Å². The number of phenols is 2. The summed E-state index contributed by atoms with van der Waals surface area (Å²) in [5.41, 5.74) is 0. The van der Waals surface area contributed by atoms with Crippen LogP contribution in [0.4, 0.5) is 0 Å². The van der Waals surface area contributed by atoms with Crippen molar-refractivity contribution < 1.29 is 10.2 Å². The van der Waals surface area contributed by atoms with Crippen molar-refractivity contribution in [2.24, 2.45) is 0 Å². The van der Waals surface area contributed by atoms with Crippen LogP contribution in [0.3, 0.4) is 0 Å². The molecule has 0 bridgehead atoms. The van der Waals surface area contributed by atoms with Crippen molar-refractivity contribution in [3.05, 3.63) is 91.3 Å². The van der Waals surface area contributed by atoms with Gasteiger partial charge in [-0.15, -0.1) is 0 Å². The molecule has 1 heterocycles. The second-order valence-electron chi connectivity index (χ2n) is 3.70. The molecule has 4 heteroatoms. The minimum Gasteiger partial charge on any atom is -0.265 e. The molecule has 106 valence electrons. The summed E-state index contributed by atoms with van der Waals surface area (Å²) < 4.78 is 0. The Morgan fingerprint density at radius 3 is 1.00 bits per heavy atom. The number of pyridine rings is 1. The molecule has 21 heavy (non-hydrogen) atoms. The van der Waals surface area contributed by atoms with Gasteiger partial charge in [-0.3, -0.25) is 4.98 Å². The van der Waals surface area contributed by atoms with Gasteiger partial charge in [0.1, 0.15) is 11.5 Å². The fourth-order valence-corrected chi connectivity index (χ4v) is 1.17. The van der Waals surface area contributed by atoms with Crippen molar-refractivity contribution in [2.45, 2.75) is 0 Å². The Balaban J connectivity index is 0.000000280. The standard InChI is InChI=1S/2C6H6O.C5H5N.Be.2H/c2*7-6-4-2-1-3-5-6;1-2-4-6-5-3-1;;;/h2*1-5,7H;1-5H;;;. The quantitative estimate of drug-likeness (QED) is 0.622. The van der Waals surface area contributed by atoms with Crippen LogP contribution < -0.4 is 0 Å². The summed E-state index contributed by atoms with van der Waals surface area (Å²) in [6, 6.07) is 23.1. The van der Waals surface area contributed by atoms with Crippen LogP contribution in [0, 0.1) is 0 Å². The minimum atomic E-state index is 0. The van der Waals surface area contributed by atoms with Crippen molar-refractivity contribution in [2.75, 3.05) is 0 Å². The smallest absolute Gasteiger partial charge is 0.0267 e. The van der Waals surface area contributed by atoms with Gasteiger partial charge in [0.2, 0.25) is 0 Å². The first-order valence-electron chi connectivity index (χ1n) is 6.12. The fraction of sp³-hybridized carbons (Fsp3) is 0. The number of aromatic hydroxyl groups is 2. The Bertz CT molecular complexity index is 483. The van der Waals surface area contributed by atoms with Crippen molar-refractivity contribution in [3.8, 4) is 11.5 Å². The van der Waals surface area contributed by atoms with Gasteiger partial charge in [0.15, 0.2) is 0 Å². The molecule has 0 aliphatic heterocycles. The van der Waals surface area contributed by atoms with Crippen molar-refractivity contribution in [3.63, 3.8) is 0 Å². The number of nitrogens with zero attached hydrogens (tertiary/aromatic N) is 1. The van der Waals surface area contributed by atoms with Gasteiger partial charge in [0.05, 0.1) is 0 Å². The number of rotatable bonds is 0. The van der Waals surface area contributed by atoms with Crippen LogP contribution in [0.1, 0.15) is 0 Å². The van der Waals surface area contributed by atoms with E-state index in [0.29, 0.717) is 11.5 Å². The third-order valence-electron chi connectivity index (χ3n) is 2.08. The minimum absolute atomic E-state index is 0. The maximum atomic E-state index is 8.63. The van der Waals surface area contributed by atoms with E-state index >= 15 is 0 Å². The Hall–Kier alpha value is -2.64. The average molecular weight is 278 g/mol. The number of hydrogen-bond acceptors (Lipinski definition) is 3.